The SMILES string of the molecule is C#C/C=C(\C=N/C)CC(C#N)NC(=O)C(CC(C)C)NC(=O)c1cc2c(OC)cccc2[nH]1. The average molecular weight is 448 g/mol. The van der Waals surface area contributed by atoms with E-state index in [0.29, 0.717) is 23.4 Å². The highest BCUT2D eigenvalue weighted by atomic mass is 16.5. The summed E-state index contributed by atoms with van der Waals surface area (Å²) in [5.74, 6) is 2.32. The van der Waals surface area contributed by atoms with Crippen LogP contribution in [0, 0.1) is 29.6 Å². The van der Waals surface area contributed by atoms with Gasteiger partial charge in [0.25, 0.3) is 5.91 Å². The number of aromatic nitrogens is 1. The normalized spacial score (nSPS) is 13.4. The zero-order valence-corrected chi connectivity index (χ0v) is 19.3. The Morgan fingerprint density at radius 2 is 2.09 bits per heavy atom. The molecule has 8 heteroatoms. The second-order valence-electron chi connectivity index (χ2n) is 7.93. The third-order valence-corrected chi connectivity index (χ3v) is 4.89. The van der Waals surface area contributed by atoms with Crippen molar-refractivity contribution in [1.29, 1.82) is 5.26 Å². The molecule has 1 heterocycles. The monoisotopic (exact) mass is 447 g/mol. The third-order valence-electron chi connectivity index (χ3n) is 4.89. The van der Waals surface area contributed by atoms with Crippen molar-refractivity contribution in [3.8, 4) is 24.2 Å². The molecule has 2 amide bonds. The van der Waals surface area contributed by atoms with E-state index in [1.807, 2.05) is 26.0 Å². The van der Waals surface area contributed by atoms with Gasteiger partial charge in [0, 0.05) is 30.6 Å². The van der Waals surface area contributed by atoms with Gasteiger partial charge in [-0.25, -0.2) is 0 Å². The molecule has 0 aliphatic carbocycles. The molecule has 0 radical (unpaired) electrons. The number of fused-ring (bicyclic) bond motifs is 1. The van der Waals surface area contributed by atoms with E-state index in [9.17, 15) is 14.9 Å². The Bertz CT molecular complexity index is 1130. The lowest BCUT2D eigenvalue weighted by molar-refractivity contribution is -0.123. The fourth-order valence-corrected chi connectivity index (χ4v) is 3.43. The molecule has 0 saturated carbocycles. The van der Waals surface area contributed by atoms with Gasteiger partial charge in [-0.2, -0.15) is 5.26 Å². The van der Waals surface area contributed by atoms with E-state index < -0.39 is 23.9 Å². The van der Waals surface area contributed by atoms with Gasteiger partial charge in [0.1, 0.15) is 23.5 Å². The summed E-state index contributed by atoms with van der Waals surface area (Å²) in [6, 6.07) is 7.58. The number of benzene rings is 1. The van der Waals surface area contributed by atoms with Crippen molar-refractivity contribution in [2.24, 2.45) is 10.9 Å². The minimum Gasteiger partial charge on any atom is -0.496 e. The maximum Gasteiger partial charge on any atom is 0.268 e. The number of carbonyl (C=O) groups is 2. The molecule has 33 heavy (non-hydrogen) atoms. The fraction of sp³-hybridized carbons (Fsp3) is 0.360. The summed E-state index contributed by atoms with van der Waals surface area (Å²) >= 11 is 0. The number of rotatable bonds is 10. The second kappa shape index (κ2) is 12.1. The van der Waals surface area contributed by atoms with Crippen LogP contribution in [0.2, 0.25) is 0 Å². The second-order valence-corrected chi connectivity index (χ2v) is 7.93. The highest BCUT2D eigenvalue weighted by molar-refractivity contribution is 6.01. The molecule has 0 aliphatic rings. The number of terminal acetylenes is 1. The Kier molecular flexibility index (Phi) is 9.26. The van der Waals surface area contributed by atoms with Crippen molar-refractivity contribution < 1.29 is 14.3 Å². The molecule has 0 bridgehead atoms. The summed E-state index contributed by atoms with van der Waals surface area (Å²) in [5.41, 5.74) is 1.70. The van der Waals surface area contributed by atoms with Gasteiger partial charge in [0.2, 0.25) is 5.91 Å². The molecule has 172 valence electrons. The van der Waals surface area contributed by atoms with Crippen LogP contribution in [0.15, 0.2) is 40.9 Å². The van der Waals surface area contributed by atoms with Crippen LogP contribution in [-0.4, -0.2) is 49.3 Å². The zero-order chi connectivity index (χ0) is 24.4. The number of ether oxygens (including phenoxy) is 1. The first-order chi connectivity index (χ1) is 15.8. The van der Waals surface area contributed by atoms with Crippen LogP contribution < -0.4 is 15.4 Å². The van der Waals surface area contributed by atoms with Gasteiger partial charge in [-0.15, -0.1) is 6.42 Å². The quantitative estimate of drug-likeness (QED) is 0.383. The van der Waals surface area contributed by atoms with Gasteiger partial charge in [-0.05, 0) is 42.2 Å². The molecule has 2 aromatic rings. The Morgan fingerprint density at radius 3 is 2.70 bits per heavy atom. The van der Waals surface area contributed by atoms with Crippen molar-refractivity contribution in [2.45, 2.75) is 38.8 Å². The largest absolute Gasteiger partial charge is 0.496 e. The zero-order valence-electron chi connectivity index (χ0n) is 19.3. The fourth-order valence-electron chi connectivity index (χ4n) is 3.43. The molecule has 2 unspecified atom stereocenters. The number of hydrogen-bond donors (Lipinski definition) is 3. The topological polar surface area (TPSA) is 119 Å². The van der Waals surface area contributed by atoms with Crippen LogP contribution >= 0.6 is 0 Å². The van der Waals surface area contributed by atoms with E-state index in [1.54, 1.807) is 32.5 Å². The lowest BCUT2D eigenvalue weighted by Gasteiger charge is -2.21. The highest BCUT2D eigenvalue weighted by Gasteiger charge is 2.26. The minimum atomic E-state index is -0.820. The maximum absolute atomic E-state index is 13.0. The number of allylic oxidation sites excluding steroid dienone is 1. The Hall–Kier alpha value is -4.04. The number of amides is 2. The molecule has 0 fully saturated rings. The number of hydrogen-bond acceptors (Lipinski definition) is 5. The van der Waals surface area contributed by atoms with E-state index >= 15 is 0 Å². The summed E-state index contributed by atoms with van der Waals surface area (Å²) in [6.45, 7) is 3.90. The standard InChI is InChI=1S/C25H29N5O3/c1-6-8-17(15-27-4)12-18(14-26)28-24(31)21(11-16(2)3)30-25(32)22-13-19-20(29-22)9-7-10-23(19)33-5/h1,7-10,13,15-16,18,21,29H,11-12H2,2-5H3,(H,28,31)(H,30,32)/b17-8-,27-15-. The molecular weight excluding hydrogens is 418 g/mol. The average Bonchev–Trinajstić information content (AvgIpc) is 3.22. The van der Waals surface area contributed by atoms with Gasteiger partial charge < -0.3 is 20.4 Å². The van der Waals surface area contributed by atoms with E-state index in [2.05, 4.69) is 32.6 Å². The van der Waals surface area contributed by atoms with Crippen molar-refractivity contribution in [2.75, 3.05) is 14.2 Å². The van der Waals surface area contributed by atoms with E-state index in [4.69, 9.17) is 11.2 Å². The molecule has 0 spiro atoms. The summed E-state index contributed by atoms with van der Waals surface area (Å²) in [6.07, 6.45) is 8.98. The molecule has 2 rings (SSSR count). The van der Waals surface area contributed by atoms with Crippen molar-refractivity contribution >= 4 is 28.9 Å². The first-order valence-corrected chi connectivity index (χ1v) is 10.6. The molecule has 1 aromatic carbocycles. The summed E-state index contributed by atoms with van der Waals surface area (Å²) in [7, 11) is 3.16. The predicted octanol–water partition coefficient (Wildman–Crippen LogP) is 2.98. The van der Waals surface area contributed by atoms with Gasteiger partial charge in [-0.1, -0.05) is 25.8 Å². The first-order valence-electron chi connectivity index (χ1n) is 10.6. The third kappa shape index (κ3) is 6.98. The van der Waals surface area contributed by atoms with Crippen LogP contribution in [0.3, 0.4) is 0 Å². The minimum absolute atomic E-state index is 0.133. The van der Waals surface area contributed by atoms with Crippen LogP contribution in [0.5, 0.6) is 5.75 Å². The highest BCUT2D eigenvalue weighted by Crippen LogP contribution is 2.26. The molecule has 3 N–H and O–H groups in total. The van der Waals surface area contributed by atoms with Crippen molar-refractivity contribution in [3.05, 3.63) is 41.6 Å². The van der Waals surface area contributed by atoms with Gasteiger partial charge in [0.15, 0.2) is 0 Å². The summed E-state index contributed by atoms with van der Waals surface area (Å²) in [5, 5.41) is 15.8. The van der Waals surface area contributed by atoms with Gasteiger partial charge in [0.05, 0.1) is 13.2 Å². The smallest absolute Gasteiger partial charge is 0.268 e. The Morgan fingerprint density at radius 1 is 1.33 bits per heavy atom. The number of aromatic amines is 1. The Balaban J connectivity index is 2.19. The molecule has 0 saturated heterocycles. The lowest BCUT2D eigenvalue weighted by Crippen LogP contribution is -2.50. The number of H-pyrrole nitrogens is 1. The molecular formula is C25H29N5O3. The molecule has 1 aromatic heterocycles. The van der Waals surface area contributed by atoms with Crippen molar-refractivity contribution in [3.63, 3.8) is 0 Å². The molecule has 2 atom stereocenters. The van der Waals surface area contributed by atoms with Crippen LogP contribution in [0.1, 0.15) is 37.2 Å². The van der Waals surface area contributed by atoms with Crippen LogP contribution in [-0.2, 0) is 4.79 Å². The van der Waals surface area contributed by atoms with Crippen molar-refractivity contribution in [1.82, 2.24) is 15.6 Å². The number of nitrogens with zero attached hydrogens (tertiary/aromatic N) is 2. The number of nitriles is 1. The molecule has 8 nitrogen and oxygen atoms in total. The number of nitrogens with one attached hydrogen (secondary N) is 3. The number of carbonyl (C=O) groups excluding carboxylic acids is 2. The summed E-state index contributed by atoms with van der Waals surface area (Å²) in [4.78, 5) is 32.9. The number of methoxy groups -OCH3 is 1. The van der Waals surface area contributed by atoms with Gasteiger partial charge in [-0.3, -0.25) is 14.6 Å². The van der Waals surface area contributed by atoms with Gasteiger partial charge >= 0.3 is 0 Å². The van der Waals surface area contributed by atoms with E-state index in [0.717, 1.165) is 10.9 Å². The summed E-state index contributed by atoms with van der Waals surface area (Å²) < 4.78 is 5.34. The molecule has 0 aliphatic heterocycles. The number of aliphatic imine (C=N–C) groups is 1. The van der Waals surface area contributed by atoms with E-state index in [-0.39, 0.29) is 12.3 Å². The first kappa shape index (κ1) is 25.2. The van der Waals surface area contributed by atoms with Crippen LogP contribution in [0.25, 0.3) is 10.9 Å². The van der Waals surface area contributed by atoms with E-state index in [1.165, 1.54) is 6.08 Å². The Labute approximate surface area is 194 Å². The lowest BCUT2D eigenvalue weighted by atomic mass is 10.0. The predicted molar refractivity (Wildman–Crippen MR) is 129 cm³/mol. The van der Waals surface area contributed by atoms with Crippen LogP contribution in [0.4, 0.5) is 0 Å². The maximum atomic E-state index is 13.0.